The molecule has 6 aromatic rings. The van der Waals surface area contributed by atoms with Crippen molar-refractivity contribution in [3.8, 4) is 16.9 Å². The van der Waals surface area contributed by atoms with Gasteiger partial charge in [-0.25, -0.2) is 4.79 Å². The van der Waals surface area contributed by atoms with Gasteiger partial charge < -0.3 is 40.1 Å². The molecular weight excluding hydrogens is 873 g/mol. The lowest BCUT2D eigenvalue weighted by Crippen LogP contribution is -2.43. The van der Waals surface area contributed by atoms with E-state index in [1.165, 1.54) is 6.07 Å². The van der Waals surface area contributed by atoms with Crippen LogP contribution >= 0.6 is 0 Å². The summed E-state index contributed by atoms with van der Waals surface area (Å²) in [6.45, 7) is 14.6. The van der Waals surface area contributed by atoms with Crippen LogP contribution in [0.1, 0.15) is 73.2 Å². The van der Waals surface area contributed by atoms with Gasteiger partial charge in [0.25, 0.3) is 5.91 Å². The first-order chi connectivity index (χ1) is 32.6. The summed E-state index contributed by atoms with van der Waals surface area (Å²) in [5.41, 5.74) is 6.75. The van der Waals surface area contributed by atoms with Crippen LogP contribution in [-0.2, 0) is 26.9 Å². The monoisotopic (exact) mass is 936 g/mol. The van der Waals surface area contributed by atoms with Crippen LogP contribution in [0.15, 0.2) is 132 Å². The van der Waals surface area contributed by atoms with E-state index in [-0.39, 0.29) is 40.4 Å². The maximum Gasteiger partial charge on any atom is 0.411 e. The van der Waals surface area contributed by atoms with E-state index in [0.29, 0.717) is 67.9 Å². The zero-order chi connectivity index (χ0) is 48.3. The predicted octanol–water partition coefficient (Wildman–Crippen LogP) is 9.77. The van der Waals surface area contributed by atoms with Gasteiger partial charge in [0.1, 0.15) is 11.9 Å². The second kappa shape index (κ2) is 22.5. The second-order valence-electron chi connectivity index (χ2n) is 19.0. The number of nitrogens with one attached hydrogen (secondary N) is 5. The molecule has 7 rings (SSSR count). The number of carbonyl (C=O) groups is 3. The first kappa shape index (κ1) is 49.3. The number of nitrogens with zero attached hydrogens (tertiary/aromatic N) is 1. The number of hydrogen-bond donors (Lipinski definition) is 6. The molecule has 0 spiro atoms. The fourth-order valence-electron chi connectivity index (χ4n) is 8.09. The van der Waals surface area contributed by atoms with Crippen LogP contribution in [0.4, 0.5) is 16.2 Å². The van der Waals surface area contributed by atoms with Crippen molar-refractivity contribution in [2.75, 3.05) is 43.4 Å². The van der Waals surface area contributed by atoms with Gasteiger partial charge in [0.2, 0.25) is 11.5 Å². The zero-order valence-electron chi connectivity index (χ0n) is 39.7. The summed E-state index contributed by atoms with van der Waals surface area (Å²) in [6, 6.07) is 39.3. The number of hydrogen-bond acceptors (Lipinski definition) is 9. The molecule has 1 aliphatic rings. The summed E-state index contributed by atoms with van der Waals surface area (Å²) in [5, 5.41) is 23.7. The standard InChI is InChI=1S/C54H64N6O7Si/c1-54(2,3)68(4,5)67-48(44-22-24-47(61)51-45(44)23-25-50(63)59-51)36-55-30-26-37-18-20-41(21-19-37)57-52(64)40-15-11-12-38(34-40)35-56-49(62)29-33-60-31-27-42(28-32-60)66-53(65)58-46-17-10-9-16-43(46)39-13-7-6-8-14-39/h6-25,34,42,48,55,61H,26-33,35-36H2,1-5H3,(H,56,62)(H,57,64)(H,58,65)(H,59,63)/t48-/m0/s1. The smallest absolute Gasteiger partial charge is 0.411 e. The number of pyridine rings is 1. The van der Waals surface area contributed by atoms with Crippen molar-refractivity contribution in [1.29, 1.82) is 0 Å². The Balaban J connectivity index is 0.819. The lowest BCUT2D eigenvalue weighted by atomic mass is 10.0. The molecule has 3 amide bonds. The van der Waals surface area contributed by atoms with Crippen molar-refractivity contribution < 1.29 is 28.7 Å². The van der Waals surface area contributed by atoms with Crippen molar-refractivity contribution in [3.05, 3.63) is 160 Å². The van der Waals surface area contributed by atoms with E-state index >= 15 is 0 Å². The first-order valence-corrected chi connectivity index (χ1v) is 26.4. The SMILES string of the molecule is CC(C)(C)[Si](C)(C)O[C@@H](CNCCc1ccc(NC(=O)c2cccc(CNC(=O)CCN3CCC(OC(=O)Nc4ccccc4-c4ccccc4)CC3)c2)cc1)c1ccc(O)c2[nH]c(=O)ccc12. The van der Waals surface area contributed by atoms with Gasteiger partial charge in [0.15, 0.2) is 8.32 Å². The van der Waals surface area contributed by atoms with E-state index in [1.807, 2.05) is 97.1 Å². The average Bonchev–Trinajstić information content (AvgIpc) is 3.32. The number of amides is 3. The number of benzene rings is 5. The summed E-state index contributed by atoms with van der Waals surface area (Å²) in [4.78, 5) is 56.0. The van der Waals surface area contributed by atoms with Crippen LogP contribution in [0.5, 0.6) is 5.75 Å². The Morgan fingerprint density at radius 1 is 0.838 bits per heavy atom. The molecule has 0 unspecified atom stereocenters. The Bertz CT molecular complexity index is 2730. The maximum absolute atomic E-state index is 13.3. The van der Waals surface area contributed by atoms with E-state index in [2.05, 4.69) is 65.0 Å². The molecule has 356 valence electrons. The highest BCUT2D eigenvalue weighted by Gasteiger charge is 2.40. The quantitative estimate of drug-likeness (QED) is 0.0362. The number of likely N-dealkylation sites (tertiary alicyclic amines) is 1. The number of fused-ring (bicyclic) bond motifs is 1. The third-order valence-electron chi connectivity index (χ3n) is 13.0. The highest BCUT2D eigenvalue weighted by Crippen LogP contribution is 2.41. The zero-order valence-corrected chi connectivity index (χ0v) is 40.7. The molecular formula is C54H64N6O7Si. The van der Waals surface area contributed by atoms with Crippen LogP contribution in [0.2, 0.25) is 18.1 Å². The Morgan fingerprint density at radius 3 is 2.32 bits per heavy atom. The number of rotatable bonds is 18. The van der Waals surface area contributed by atoms with Crippen LogP contribution in [0.3, 0.4) is 0 Å². The molecule has 68 heavy (non-hydrogen) atoms. The molecule has 2 heterocycles. The van der Waals surface area contributed by atoms with Gasteiger partial charge in [-0.3, -0.25) is 19.7 Å². The number of aromatic nitrogens is 1. The van der Waals surface area contributed by atoms with Gasteiger partial charge in [0, 0.05) is 67.4 Å². The van der Waals surface area contributed by atoms with Crippen molar-refractivity contribution in [2.24, 2.45) is 0 Å². The molecule has 5 aromatic carbocycles. The minimum Gasteiger partial charge on any atom is -0.506 e. The van der Waals surface area contributed by atoms with E-state index in [9.17, 15) is 24.3 Å². The summed E-state index contributed by atoms with van der Waals surface area (Å²) in [6.07, 6.45) is 1.49. The van der Waals surface area contributed by atoms with Gasteiger partial charge in [-0.1, -0.05) is 99.6 Å². The van der Waals surface area contributed by atoms with Crippen molar-refractivity contribution >= 4 is 48.5 Å². The number of piperidine rings is 1. The van der Waals surface area contributed by atoms with Crippen LogP contribution in [0, 0.1) is 0 Å². The maximum atomic E-state index is 13.3. The molecule has 6 N–H and O–H groups in total. The van der Waals surface area contributed by atoms with Crippen molar-refractivity contribution in [2.45, 2.75) is 83.3 Å². The first-order valence-electron chi connectivity index (χ1n) is 23.5. The van der Waals surface area contributed by atoms with Gasteiger partial charge in [-0.15, -0.1) is 0 Å². The Morgan fingerprint density at radius 2 is 1.57 bits per heavy atom. The summed E-state index contributed by atoms with van der Waals surface area (Å²) in [7, 11) is -2.21. The number of aromatic hydroxyl groups is 1. The summed E-state index contributed by atoms with van der Waals surface area (Å²) >= 11 is 0. The number of carbonyl (C=O) groups excluding carboxylic acids is 3. The largest absolute Gasteiger partial charge is 0.506 e. The Labute approximate surface area is 399 Å². The molecule has 13 nitrogen and oxygen atoms in total. The molecule has 1 fully saturated rings. The number of aromatic amines is 1. The van der Waals surface area contributed by atoms with E-state index < -0.39 is 14.4 Å². The summed E-state index contributed by atoms with van der Waals surface area (Å²) in [5.74, 6) is -0.299. The number of H-pyrrole nitrogens is 1. The Hall–Kier alpha value is -6.58. The van der Waals surface area contributed by atoms with Crippen molar-refractivity contribution in [1.82, 2.24) is 20.5 Å². The van der Waals surface area contributed by atoms with Gasteiger partial charge in [0.05, 0.1) is 17.3 Å². The minimum absolute atomic E-state index is 0.0188. The number of phenols is 1. The van der Waals surface area contributed by atoms with Gasteiger partial charge in [-0.05, 0) is 109 Å². The molecule has 0 aliphatic carbocycles. The Kier molecular flexibility index (Phi) is 16.3. The third-order valence-corrected chi connectivity index (χ3v) is 17.5. The second-order valence-corrected chi connectivity index (χ2v) is 23.7. The van der Waals surface area contributed by atoms with Gasteiger partial charge in [-0.2, -0.15) is 0 Å². The number of phenolic OH excluding ortho intramolecular Hbond substituents is 1. The summed E-state index contributed by atoms with van der Waals surface area (Å²) < 4.78 is 12.7. The van der Waals surface area contributed by atoms with E-state index in [0.717, 1.165) is 52.7 Å². The number of anilines is 2. The lowest BCUT2D eigenvalue weighted by molar-refractivity contribution is -0.121. The predicted molar refractivity (Wildman–Crippen MR) is 273 cm³/mol. The molecule has 1 aromatic heterocycles. The minimum atomic E-state index is -2.21. The van der Waals surface area contributed by atoms with E-state index in [1.54, 1.807) is 24.3 Å². The van der Waals surface area contributed by atoms with Crippen LogP contribution < -0.4 is 26.8 Å². The normalized spacial score (nSPS) is 14.0. The highest BCUT2D eigenvalue weighted by molar-refractivity contribution is 6.74. The highest BCUT2D eigenvalue weighted by atomic mass is 28.4. The molecule has 0 radical (unpaired) electrons. The molecule has 1 aliphatic heterocycles. The van der Waals surface area contributed by atoms with Crippen LogP contribution in [0.25, 0.3) is 22.0 Å². The molecule has 0 saturated carbocycles. The van der Waals surface area contributed by atoms with Crippen LogP contribution in [-0.4, -0.2) is 80.0 Å². The number of para-hydroxylation sites is 1. The fourth-order valence-corrected chi connectivity index (χ4v) is 9.36. The molecule has 1 atom stereocenters. The molecule has 14 heteroatoms. The lowest BCUT2D eigenvalue weighted by Gasteiger charge is -2.39. The molecule has 0 bridgehead atoms. The van der Waals surface area contributed by atoms with Crippen molar-refractivity contribution in [3.63, 3.8) is 0 Å². The number of ether oxygens (including phenoxy) is 1. The topological polar surface area (TPSA) is 174 Å². The van der Waals surface area contributed by atoms with Gasteiger partial charge >= 0.3 is 6.09 Å². The average molecular weight is 937 g/mol. The molecule has 1 saturated heterocycles. The van der Waals surface area contributed by atoms with E-state index in [4.69, 9.17) is 9.16 Å². The third kappa shape index (κ3) is 13.3. The fraction of sp³-hybridized carbons (Fsp3) is 0.333.